The predicted octanol–water partition coefficient (Wildman–Crippen LogP) is 3.19. The first kappa shape index (κ1) is 17.5. The summed E-state index contributed by atoms with van der Waals surface area (Å²) >= 11 is 0. The molecule has 1 N–H and O–H groups in total. The number of anilines is 1. The predicted molar refractivity (Wildman–Crippen MR) is 99.9 cm³/mol. The summed E-state index contributed by atoms with van der Waals surface area (Å²) in [5, 5.41) is 3.47. The average molecular weight is 374 g/mol. The summed E-state index contributed by atoms with van der Waals surface area (Å²) in [4.78, 5) is 2.52. The number of nitrogens with one attached hydrogen (secondary N) is 1. The Morgan fingerprint density at radius 3 is 2.69 bits per heavy atom. The SMILES string of the molecule is CC1CNCC[C@@H]2c3cc(S(=O)(=O)c4cccc(F)c4)ccc3N(C)[C@@H]12. The van der Waals surface area contributed by atoms with Crippen LogP contribution in [0.3, 0.4) is 0 Å². The maximum atomic E-state index is 13.5. The quantitative estimate of drug-likeness (QED) is 0.877. The lowest BCUT2D eigenvalue weighted by Gasteiger charge is -2.30. The number of halogens is 1. The van der Waals surface area contributed by atoms with E-state index in [0.29, 0.717) is 17.9 Å². The lowest BCUT2D eigenvalue weighted by molar-refractivity contribution is 0.417. The lowest BCUT2D eigenvalue weighted by Crippen LogP contribution is -2.38. The van der Waals surface area contributed by atoms with Gasteiger partial charge in [0.15, 0.2) is 0 Å². The highest BCUT2D eigenvalue weighted by Gasteiger charge is 2.41. The minimum atomic E-state index is -3.74. The minimum absolute atomic E-state index is 0.00347. The second-order valence-electron chi connectivity index (χ2n) is 7.36. The minimum Gasteiger partial charge on any atom is -0.370 e. The number of likely N-dealkylation sites (N-methyl/N-ethyl adjacent to an activating group) is 1. The monoisotopic (exact) mass is 374 g/mol. The average Bonchev–Trinajstić information content (AvgIpc) is 2.76. The normalized spacial score (nSPS) is 25.5. The molecule has 0 amide bonds. The van der Waals surface area contributed by atoms with Crippen molar-refractivity contribution in [1.82, 2.24) is 5.32 Å². The van der Waals surface area contributed by atoms with E-state index in [1.165, 1.54) is 18.2 Å². The summed E-state index contributed by atoms with van der Waals surface area (Å²) < 4.78 is 39.4. The van der Waals surface area contributed by atoms with Crippen LogP contribution in [0.2, 0.25) is 0 Å². The fourth-order valence-electron chi connectivity index (χ4n) is 4.52. The Balaban J connectivity index is 1.79. The van der Waals surface area contributed by atoms with E-state index >= 15 is 0 Å². The van der Waals surface area contributed by atoms with Crippen molar-refractivity contribution in [3.05, 3.63) is 53.8 Å². The van der Waals surface area contributed by atoms with Crippen LogP contribution in [-0.2, 0) is 9.84 Å². The highest BCUT2D eigenvalue weighted by molar-refractivity contribution is 7.91. The molecule has 3 atom stereocenters. The van der Waals surface area contributed by atoms with Gasteiger partial charge in [0.25, 0.3) is 0 Å². The van der Waals surface area contributed by atoms with Crippen molar-refractivity contribution < 1.29 is 12.8 Å². The molecule has 0 saturated carbocycles. The first-order valence-electron chi connectivity index (χ1n) is 8.98. The summed E-state index contributed by atoms with van der Waals surface area (Å²) in [5.74, 6) is 0.238. The standard InChI is InChI=1S/C20H23FN2O2S/c1-13-12-22-9-8-17-18-11-16(6-7-19(18)23(2)20(13)17)26(24,25)15-5-3-4-14(21)10-15/h3-7,10-11,13,17,20,22H,8-9,12H2,1-2H3/t13?,17-,20+/m1/s1. The van der Waals surface area contributed by atoms with E-state index < -0.39 is 15.7 Å². The van der Waals surface area contributed by atoms with Crippen LogP contribution in [-0.4, -0.2) is 34.6 Å². The first-order valence-corrected chi connectivity index (χ1v) is 10.5. The van der Waals surface area contributed by atoms with E-state index in [1.54, 1.807) is 12.1 Å². The second-order valence-corrected chi connectivity index (χ2v) is 9.31. The van der Waals surface area contributed by atoms with Crippen LogP contribution in [0.15, 0.2) is 52.3 Å². The van der Waals surface area contributed by atoms with Gasteiger partial charge in [0, 0.05) is 24.7 Å². The molecule has 4 rings (SSSR count). The van der Waals surface area contributed by atoms with Gasteiger partial charge in [-0.25, -0.2) is 12.8 Å². The maximum Gasteiger partial charge on any atom is 0.206 e. The van der Waals surface area contributed by atoms with Gasteiger partial charge in [0.1, 0.15) is 5.82 Å². The molecular weight excluding hydrogens is 351 g/mol. The molecule has 2 aromatic carbocycles. The fraction of sp³-hybridized carbons (Fsp3) is 0.400. The van der Waals surface area contributed by atoms with Crippen molar-refractivity contribution in [2.24, 2.45) is 5.92 Å². The highest BCUT2D eigenvalue weighted by atomic mass is 32.2. The van der Waals surface area contributed by atoms with Crippen LogP contribution < -0.4 is 10.2 Å². The van der Waals surface area contributed by atoms with Crippen molar-refractivity contribution in [2.75, 3.05) is 25.0 Å². The van der Waals surface area contributed by atoms with E-state index in [9.17, 15) is 12.8 Å². The molecule has 1 fully saturated rings. The molecule has 4 nitrogen and oxygen atoms in total. The molecule has 2 aliphatic rings. The van der Waals surface area contributed by atoms with E-state index in [1.807, 2.05) is 6.07 Å². The third kappa shape index (κ3) is 2.72. The van der Waals surface area contributed by atoms with Crippen LogP contribution >= 0.6 is 0 Å². The van der Waals surface area contributed by atoms with Gasteiger partial charge in [-0.05, 0) is 67.4 Å². The molecule has 0 bridgehead atoms. The Hall–Kier alpha value is -1.92. The van der Waals surface area contributed by atoms with E-state index in [0.717, 1.165) is 36.8 Å². The van der Waals surface area contributed by atoms with Crippen LogP contribution in [0.25, 0.3) is 0 Å². The van der Waals surface area contributed by atoms with E-state index in [4.69, 9.17) is 0 Å². The molecule has 0 aliphatic carbocycles. The molecule has 0 spiro atoms. The van der Waals surface area contributed by atoms with Crippen molar-refractivity contribution in [3.63, 3.8) is 0 Å². The van der Waals surface area contributed by atoms with E-state index in [-0.39, 0.29) is 9.79 Å². The van der Waals surface area contributed by atoms with Crippen molar-refractivity contribution in [2.45, 2.75) is 35.1 Å². The zero-order valence-electron chi connectivity index (χ0n) is 14.9. The van der Waals surface area contributed by atoms with Gasteiger partial charge in [-0.1, -0.05) is 13.0 Å². The molecule has 2 heterocycles. The van der Waals surface area contributed by atoms with Crippen LogP contribution in [0.5, 0.6) is 0 Å². The number of hydrogen-bond donors (Lipinski definition) is 1. The lowest BCUT2D eigenvalue weighted by atomic mass is 9.86. The number of benzene rings is 2. The summed E-state index contributed by atoms with van der Waals surface area (Å²) in [6.45, 7) is 4.14. The molecule has 26 heavy (non-hydrogen) atoms. The van der Waals surface area contributed by atoms with Gasteiger partial charge in [-0.15, -0.1) is 0 Å². The highest BCUT2D eigenvalue weighted by Crippen LogP contribution is 2.46. The third-order valence-electron chi connectivity index (χ3n) is 5.74. The fourth-order valence-corrected chi connectivity index (χ4v) is 5.84. The van der Waals surface area contributed by atoms with Gasteiger partial charge in [0.2, 0.25) is 9.84 Å². The summed E-state index contributed by atoms with van der Waals surface area (Å²) in [5.41, 5.74) is 2.19. The molecule has 6 heteroatoms. The number of nitrogens with zero attached hydrogens (tertiary/aromatic N) is 1. The largest absolute Gasteiger partial charge is 0.370 e. The van der Waals surface area contributed by atoms with Gasteiger partial charge in [-0.3, -0.25) is 0 Å². The summed E-state index contributed by atoms with van der Waals surface area (Å²) in [6, 6.07) is 10.9. The molecule has 1 saturated heterocycles. The van der Waals surface area contributed by atoms with Crippen LogP contribution in [0, 0.1) is 11.7 Å². The number of hydrogen-bond acceptors (Lipinski definition) is 4. The van der Waals surface area contributed by atoms with Gasteiger partial charge in [-0.2, -0.15) is 0 Å². The Morgan fingerprint density at radius 2 is 1.92 bits per heavy atom. The number of fused-ring (bicyclic) bond motifs is 3. The summed E-state index contributed by atoms with van der Waals surface area (Å²) in [6.07, 6.45) is 0.982. The molecule has 1 unspecified atom stereocenters. The van der Waals surface area contributed by atoms with Gasteiger partial charge in [0.05, 0.1) is 9.79 Å². The molecule has 0 radical (unpaired) electrons. The van der Waals surface area contributed by atoms with E-state index in [2.05, 4.69) is 24.2 Å². The second kappa shape index (κ2) is 6.35. The molecule has 2 aromatic rings. The Morgan fingerprint density at radius 1 is 1.15 bits per heavy atom. The van der Waals surface area contributed by atoms with Crippen molar-refractivity contribution in [3.8, 4) is 0 Å². The van der Waals surface area contributed by atoms with Crippen LogP contribution in [0.4, 0.5) is 10.1 Å². The van der Waals surface area contributed by atoms with Crippen LogP contribution in [0.1, 0.15) is 24.8 Å². The number of sulfone groups is 1. The molecule has 2 aliphatic heterocycles. The number of rotatable bonds is 2. The smallest absolute Gasteiger partial charge is 0.206 e. The molecule has 138 valence electrons. The van der Waals surface area contributed by atoms with Gasteiger partial charge >= 0.3 is 0 Å². The van der Waals surface area contributed by atoms with Gasteiger partial charge < -0.3 is 10.2 Å². The van der Waals surface area contributed by atoms with Crippen molar-refractivity contribution in [1.29, 1.82) is 0 Å². The summed E-state index contributed by atoms with van der Waals surface area (Å²) in [7, 11) is -1.65. The zero-order valence-corrected chi connectivity index (χ0v) is 15.8. The Kier molecular flexibility index (Phi) is 4.28. The Bertz CT molecular complexity index is 945. The molecule has 0 aromatic heterocycles. The maximum absolute atomic E-state index is 13.5. The molecular formula is C20H23FN2O2S. The topological polar surface area (TPSA) is 49.4 Å². The van der Waals surface area contributed by atoms with Crippen molar-refractivity contribution >= 4 is 15.5 Å². The third-order valence-corrected chi connectivity index (χ3v) is 7.49. The first-order chi connectivity index (χ1) is 12.4. The Labute approximate surface area is 153 Å². The zero-order chi connectivity index (χ0) is 18.5.